The third-order valence-electron chi connectivity index (χ3n) is 5.70. The van der Waals surface area contributed by atoms with Crippen LogP contribution in [0.5, 0.6) is 0 Å². The number of carbonyl (C=O) groups excluding carboxylic acids is 2. The van der Waals surface area contributed by atoms with Crippen molar-refractivity contribution in [1.82, 2.24) is 0 Å². The van der Waals surface area contributed by atoms with Crippen molar-refractivity contribution >= 4 is 11.9 Å². The van der Waals surface area contributed by atoms with Crippen molar-refractivity contribution in [1.29, 1.82) is 0 Å². The van der Waals surface area contributed by atoms with Gasteiger partial charge in [0.1, 0.15) is 6.10 Å². The maximum absolute atomic E-state index is 12.8. The number of hydrogen-bond acceptors (Lipinski definition) is 4. The van der Waals surface area contributed by atoms with Gasteiger partial charge in [-0.05, 0) is 36.2 Å². The second-order valence-electron chi connectivity index (χ2n) is 7.93. The van der Waals surface area contributed by atoms with Crippen molar-refractivity contribution < 1.29 is 19.1 Å². The predicted octanol–water partition coefficient (Wildman–Crippen LogP) is 4.09. The van der Waals surface area contributed by atoms with E-state index in [2.05, 4.69) is 20.8 Å². The van der Waals surface area contributed by atoms with Gasteiger partial charge < -0.3 is 9.47 Å². The minimum absolute atomic E-state index is 0.0769. The average Bonchev–Trinajstić information content (AvgIpc) is 2.97. The molecule has 4 nitrogen and oxygen atoms in total. The van der Waals surface area contributed by atoms with Crippen LogP contribution in [-0.2, 0) is 19.1 Å². The van der Waals surface area contributed by atoms with Crippen LogP contribution in [-0.4, -0.2) is 24.1 Å². The Bertz CT molecular complexity index is 610. The zero-order valence-electron chi connectivity index (χ0n) is 15.3. The molecule has 1 aliphatic carbocycles. The molecule has 25 heavy (non-hydrogen) atoms. The van der Waals surface area contributed by atoms with Gasteiger partial charge in [0.2, 0.25) is 6.10 Å². The molecule has 2 fully saturated rings. The van der Waals surface area contributed by atoms with Crippen LogP contribution in [0.1, 0.15) is 57.9 Å². The standard InChI is InChI=1S/C21H28O4/c1-13(2)16-10-9-14(3)11-18(16)24-21(23)20-17(12-19(22)25-20)15-7-5-4-6-8-15/h4-8,13-14,16-18,20H,9-12H2,1-3H3/t14?,16-,17+,18?,20-/m1/s1. The lowest BCUT2D eigenvalue weighted by molar-refractivity contribution is -0.171. The van der Waals surface area contributed by atoms with Gasteiger partial charge in [0.05, 0.1) is 6.42 Å². The molecule has 2 unspecified atom stereocenters. The molecule has 0 aromatic heterocycles. The van der Waals surface area contributed by atoms with Crippen LogP contribution in [0.4, 0.5) is 0 Å². The fourth-order valence-electron chi connectivity index (χ4n) is 4.23. The largest absolute Gasteiger partial charge is 0.459 e. The highest BCUT2D eigenvalue weighted by molar-refractivity contribution is 5.85. The third kappa shape index (κ3) is 4.05. The van der Waals surface area contributed by atoms with Gasteiger partial charge >= 0.3 is 11.9 Å². The number of hydrogen-bond donors (Lipinski definition) is 0. The third-order valence-corrected chi connectivity index (χ3v) is 5.70. The molecule has 1 saturated heterocycles. The molecular weight excluding hydrogens is 316 g/mol. The molecular formula is C21H28O4. The topological polar surface area (TPSA) is 52.6 Å². The maximum atomic E-state index is 12.8. The van der Waals surface area contributed by atoms with E-state index >= 15 is 0 Å². The Morgan fingerprint density at radius 2 is 1.92 bits per heavy atom. The molecule has 1 heterocycles. The van der Waals surface area contributed by atoms with Gasteiger partial charge in [0, 0.05) is 5.92 Å². The lowest BCUT2D eigenvalue weighted by Gasteiger charge is -2.37. The molecule has 1 aliphatic heterocycles. The number of benzene rings is 1. The first-order chi connectivity index (χ1) is 12.0. The summed E-state index contributed by atoms with van der Waals surface area (Å²) in [7, 11) is 0. The fraction of sp³-hybridized carbons (Fsp3) is 0.619. The van der Waals surface area contributed by atoms with Crippen LogP contribution in [0, 0.1) is 17.8 Å². The van der Waals surface area contributed by atoms with E-state index in [9.17, 15) is 9.59 Å². The fourth-order valence-corrected chi connectivity index (χ4v) is 4.23. The van der Waals surface area contributed by atoms with Crippen LogP contribution < -0.4 is 0 Å². The van der Waals surface area contributed by atoms with Gasteiger partial charge in [-0.2, -0.15) is 0 Å². The molecule has 1 aromatic carbocycles. The molecule has 0 N–H and O–H groups in total. The highest BCUT2D eigenvalue weighted by atomic mass is 16.6. The summed E-state index contributed by atoms with van der Waals surface area (Å²) in [5.41, 5.74) is 0.952. The molecule has 0 bridgehead atoms. The van der Waals surface area contributed by atoms with E-state index in [1.807, 2.05) is 30.3 Å². The van der Waals surface area contributed by atoms with Crippen LogP contribution in [0.25, 0.3) is 0 Å². The quantitative estimate of drug-likeness (QED) is 0.772. The Balaban J connectivity index is 1.73. The van der Waals surface area contributed by atoms with Crippen molar-refractivity contribution in [2.45, 2.75) is 64.6 Å². The van der Waals surface area contributed by atoms with Gasteiger partial charge in [0.25, 0.3) is 0 Å². The Morgan fingerprint density at radius 3 is 2.60 bits per heavy atom. The van der Waals surface area contributed by atoms with Gasteiger partial charge in [-0.1, -0.05) is 57.5 Å². The first-order valence-electron chi connectivity index (χ1n) is 9.40. The summed E-state index contributed by atoms with van der Waals surface area (Å²) < 4.78 is 11.2. The van der Waals surface area contributed by atoms with Crippen molar-refractivity contribution in [3.8, 4) is 0 Å². The van der Waals surface area contributed by atoms with E-state index < -0.39 is 6.10 Å². The Kier molecular flexibility index (Phi) is 5.45. The van der Waals surface area contributed by atoms with Crippen LogP contribution in [0.2, 0.25) is 0 Å². The minimum Gasteiger partial charge on any atom is -0.459 e. The Labute approximate surface area is 149 Å². The number of rotatable bonds is 4. The molecule has 0 amide bonds. The highest BCUT2D eigenvalue weighted by Gasteiger charge is 2.44. The predicted molar refractivity (Wildman–Crippen MR) is 94.9 cm³/mol. The summed E-state index contributed by atoms with van der Waals surface area (Å²) in [4.78, 5) is 24.6. The summed E-state index contributed by atoms with van der Waals surface area (Å²) in [5.74, 6) is 0.454. The summed E-state index contributed by atoms with van der Waals surface area (Å²) in [6.07, 6.45) is 2.50. The van der Waals surface area contributed by atoms with Crippen LogP contribution in [0.3, 0.4) is 0 Å². The summed E-state index contributed by atoms with van der Waals surface area (Å²) in [6.45, 7) is 6.58. The molecule has 0 spiro atoms. The monoisotopic (exact) mass is 344 g/mol. The first kappa shape index (κ1) is 18.0. The van der Waals surface area contributed by atoms with Gasteiger partial charge in [-0.3, -0.25) is 4.79 Å². The summed E-state index contributed by atoms with van der Waals surface area (Å²) in [5, 5.41) is 0. The van der Waals surface area contributed by atoms with E-state index in [-0.39, 0.29) is 30.4 Å². The molecule has 0 radical (unpaired) electrons. The number of ether oxygens (including phenoxy) is 2. The zero-order chi connectivity index (χ0) is 18.0. The average molecular weight is 344 g/mol. The summed E-state index contributed by atoms with van der Waals surface area (Å²) in [6, 6.07) is 9.63. The van der Waals surface area contributed by atoms with Crippen molar-refractivity contribution in [2.75, 3.05) is 0 Å². The number of esters is 2. The number of carbonyl (C=O) groups is 2. The van der Waals surface area contributed by atoms with E-state index in [1.165, 1.54) is 6.42 Å². The first-order valence-corrected chi connectivity index (χ1v) is 9.40. The van der Waals surface area contributed by atoms with E-state index in [0.29, 0.717) is 17.8 Å². The van der Waals surface area contributed by atoms with Crippen molar-refractivity contribution in [3.05, 3.63) is 35.9 Å². The molecule has 1 aromatic rings. The lowest BCUT2D eigenvalue weighted by Crippen LogP contribution is -2.39. The normalized spacial score (nSPS) is 32.5. The van der Waals surface area contributed by atoms with E-state index in [4.69, 9.17) is 9.47 Å². The maximum Gasteiger partial charge on any atom is 0.348 e. The SMILES string of the molecule is CC1CC[C@H](C(C)C)C(OC(=O)[C@@H]2OC(=O)C[C@H]2c2ccccc2)C1. The molecule has 1 saturated carbocycles. The van der Waals surface area contributed by atoms with Gasteiger partial charge in [-0.15, -0.1) is 0 Å². The molecule has 5 atom stereocenters. The zero-order valence-corrected chi connectivity index (χ0v) is 15.3. The Hall–Kier alpha value is -1.84. The van der Waals surface area contributed by atoms with Crippen LogP contribution in [0.15, 0.2) is 30.3 Å². The van der Waals surface area contributed by atoms with E-state index in [0.717, 1.165) is 18.4 Å². The van der Waals surface area contributed by atoms with Crippen molar-refractivity contribution in [3.63, 3.8) is 0 Å². The molecule has 3 rings (SSSR count). The van der Waals surface area contributed by atoms with Crippen molar-refractivity contribution in [2.24, 2.45) is 17.8 Å². The lowest BCUT2D eigenvalue weighted by atomic mass is 9.75. The Morgan fingerprint density at radius 1 is 1.20 bits per heavy atom. The number of cyclic esters (lactones) is 1. The summed E-state index contributed by atoms with van der Waals surface area (Å²) >= 11 is 0. The molecule has 136 valence electrons. The molecule has 4 heteroatoms. The second-order valence-corrected chi connectivity index (χ2v) is 7.93. The van der Waals surface area contributed by atoms with Gasteiger partial charge in [0.15, 0.2) is 0 Å². The minimum atomic E-state index is -0.819. The van der Waals surface area contributed by atoms with Gasteiger partial charge in [-0.25, -0.2) is 4.79 Å². The van der Waals surface area contributed by atoms with E-state index in [1.54, 1.807) is 0 Å². The molecule has 2 aliphatic rings. The smallest absolute Gasteiger partial charge is 0.348 e. The second kappa shape index (κ2) is 7.59. The highest BCUT2D eigenvalue weighted by Crippen LogP contribution is 2.38. The van der Waals surface area contributed by atoms with Crippen LogP contribution >= 0.6 is 0 Å².